The fourth-order valence-corrected chi connectivity index (χ4v) is 3.05. The first-order valence-electron chi connectivity index (χ1n) is 7.68. The van der Waals surface area contributed by atoms with Crippen LogP contribution in [0.25, 0.3) is 5.69 Å². The number of rotatable bonds is 8. The van der Waals surface area contributed by atoms with Gasteiger partial charge in [-0.1, -0.05) is 48.2 Å². The largest absolute Gasteiger partial charge is 0.493 e. The van der Waals surface area contributed by atoms with Crippen molar-refractivity contribution in [1.82, 2.24) is 14.8 Å². The SMILES string of the molecule is COCc1nnc(SCCOc2ccccc2)n1-c1ccccc1. The number of thioether (sulfide) groups is 1. The van der Waals surface area contributed by atoms with Crippen LogP contribution in [0.1, 0.15) is 5.82 Å². The third kappa shape index (κ3) is 4.15. The minimum absolute atomic E-state index is 0.420. The molecule has 0 fully saturated rings. The number of para-hydroxylation sites is 2. The monoisotopic (exact) mass is 341 g/mol. The summed E-state index contributed by atoms with van der Waals surface area (Å²) in [5.41, 5.74) is 1.03. The van der Waals surface area contributed by atoms with Gasteiger partial charge in [-0.05, 0) is 24.3 Å². The zero-order valence-electron chi connectivity index (χ0n) is 13.5. The Morgan fingerprint density at radius 2 is 1.67 bits per heavy atom. The number of nitrogens with zero attached hydrogens (tertiary/aromatic N) is 3. The van der Waals surface area contributed by atoms with Gasteiger partial charge in [0.1, 0.15) is 12.4 Å². The van der Waals surface area contributed by atoms with Crippen molar-refractivity contribution in [3.8, 4) is 11.4 Å². The molecule has 3 rings (SSSR count). The molecule has 0 aliphatic heterocycles. The van der Waals surface area contributed by atoms with Crippen molar-refractivity contribution in [2.24, 2.45) is 0 Å². The van der Waals surface area contributed by atoms with Crippen LogP contribution in [0, 0.1) is 0 Å². The third-order valence-electron chi connectivity index (χ3n) is 3.31. The predicted molar refractivity (Wildman–Crippen MR) is 94.7 cm³/mol. The van der Waals surface area contributed by atoms with Crippen LogP contribution in [-0.2, 0) is 11.3 Å². The van der Waals surface area contributed by atoms with Crippen LogP contribution in [0.4, 0.5) is 0 Å². The quantitative estimate of drug-likeness (QED) is 0.463. The van der Waals surface area contributed by atoms with Crippen LogP contribution in [0.3, 0.4) is 0 Å². The van der Waals surface area contributed by atoms with Crippen molar-refractivity contribution in [1.29, 1.82) is 0 Å². The molecule has 24 heavy (non-hydrogen) atoms. The van der Waals surface area contributed by atoms with Gasteiger partial charge >= 0.3 is 0 Å². The fourth-order valence-electron chi connectivity index (χ4n) is 2.26. The summed E-state index contributed by atoms with van der Waals surface area (Å²) in [5.74, 6) is 2.45. The van der Waals surface area contributed by atoms with Crippen molar-refractivity contribution in [3.63, 3.8) is 0 Å². The van der Waals surface area contributed by atoms with Gasteiger partial charge in [0.15, 0.2) is 11.0 Å². The highest BCUT2D eigenvalue weighted by Gasteiger charge is 2.14. The summed E-state index contributed by atoms with van der Waals surface area (Å²) in [6.45, 7) is 1.03. The molecule has 5 nitrogen and oxygen atoms in total. The second-order valence-electron chi connectivity index (χ2n) is 5.01. The average Bonchev–Trinajstić information content (AvgIpc) is 3.03. The maximum Gasteiger partial charge on any atom is 0.196 e. The topological polar surface area (TPSA) is 49.2 Å². The van der Waals surface area contributed by atoms with Crippen molar-refractivity contribution in [2.75, 3.05) is 19.5 Å². The molecule has 0 saturated heterocycles. The molecule has 3 aromatic rings. The lowest BCUT2D eigenvalue weighted by Crippen LogP contribution is -2.05. The Hall–Kier alpha value is -2.31. The van der Waals surface area contributed by atoms with Crippen molar-refractivity contribution < 1.29 is 9.47 Å². The van der Waals surface area contributed by atoms with E-state index in [1.54, 1.807) is 18.9 Å². The molecule has 0 bridgehead atoms. The number of benzene rings is 2. The summed E-state index contributed by atoms with van der Waals surface area (Å²) in [7, 11) is 1.66. The fraction of sp³-hybridized carbons (Fsp3) is 0.222. The number of aromatic nitrogens is 3. The molecule has 0 atom stereocenters. The number of methoxy groups -OCH3 is 1. The van der Waals surface area contributed by atoms with Crippen LogP contribution >= 0.6 is 11.8 Å². The van der Waals surface area contributed by atoms with E-state index in [1.807, 2.05) is 65.2 Å². The first-order chi connectivity index (χ1) is 11.9. The van der Waals surface area contributed by atoms with Gasteiger partial charge in [0, 0.05) is 18.6 Å². The molecule has 2 aromatic carbocycles. The Balaban J connectivity index is 1.67. The first-order valence-corrected chi connectivity index (χ1v) is 8.66. The van der Waals surface area contributed by atoms with Crippen molar-refractivity contribution in [2.45, 2.75) is 11.8 Å². The Morgan fingerprint density at radius 1 is 0.958 bits per heavy atom. The zero-order valence-corrected chi connectivity index (χ0v) is 14.3. The van der Waals surface area contributed by atoms with E-state index >= 15 is 0 Å². The van der Waals surface area contributed by atoms with E-state index in [0.29, 0.717) is 13.2 Å². The van der Waals surface area contributed by atoms with Crippen LogP contribution in [0.2, 0.25) is 0 Å². The van der Waals surface area contributed by atoms with E-state index in [0.717, 1.165) is 28.2 Å². The van der Waals surface area contributed by atoms with Crippen molar-refractivity contribution in [3.05, 3.63) is 66.5 Å². The molecule has 1 aromatic heterocycles. The summed E-state index contributed by atoms with van der Waals surface area (Å²) in [5, 5.41) is 9.38. The van der Waals surface area contributed by atoms with Gasteiger partial charge in [-0.25, -0.2) is 0 Å². The zero-order chi connectivity index (χ0) is 16.6. The van der Waals surface area contributed by atoms with Crippen LogP contribution < -0.4 is 4.74 Å². The van der Waals surface area contributed by atoms with E-state index in [1.165, 1.54) is 0 Å². The standard InChI is InChI=1S/C18H19N3O2S/c1-22-14-17-19-20-18(21(17)15-8-4-2-5-9-15)24-13-12-23-16-10-6-3-7-11-16/h2-11H,12-14H2,1H3. The van der Waals surface area contributed by atoms with Gasteiger partial charge in [-0.15, -0.1) is 10.2 Å². The lowest BCUT2D eigenvalue weighted by Gasteiger charge is -2.10. The van der Waals surface area contributed by atoms with Crippen LogP contribution in [-0.4, -0.2) is 34.2 Å². The minimum Gasteiger partial charge on any atom is -0.493 e. The highest BCUT2D eigenvalue weighted by Crippen LogP contribution is 2.22. The lowest BCUT2D eigenvalue weighted by molar-refractivity contribution is 0.176. The molecule has 6 heteroatoms. The van der Waals surface area contributed by atoms with E-state index in [2.05, 4.69) is 10.2 Å². The average molecular weight is 341 g/mol. The van der Waals surface area contributed by atoms with E-state index in [9.17, 15) is 0 Å². The number of ether oxygens (including phenoxy) is 2. The molecule has 0 saturated carbocycles. The maximum atomic E-state index is 5.72. The first kappa shape index (κ1) is 16.5. The second kappa shape index (κ2) is 8.52. The highest BCUT2D eigenvalue weighted by atomic mass is 32.2. The van der Waals surface area contributed by atoms with Gasteiger partial charge in [-0.3, -0.25) is 4.57 Å². The van der Waals surface area contributed by atoms with E-state index in [-0.39, 0.29) is 0 Å². The molecule has 0 radical (unpaired) electrons. The van der Waals surface area contributed by atoms with E-state index in [4.69, 9.17) is 9.47 Å². The van der Waals surface area contributed by atoms with Gasteiger partial charge < -0.3 is 9.47 Å². The molecular weight excluding hydrogens is 322 g/mol. The minimum atomic E-state index is 0.420. The number of hydrogen-bond acceptors (Lipinski definition) is 5. The molecule has 0 amide bonds. The normalized spacial score (nSPS) is 10.7. The third-order valence-corrected chi connectivity index (χ3v) is 4.21. The maximum absolute atomic E-state index is 5.72. The lowest BCUT2D eigenvalue weighted by atomic mass is 10.3. The van der Waals surface area contributed by atoms with Gasteiger partial charge in [0.2, 0.25) is 0 Å². The molecule has 0 spiro atoms. The Kier molecular flexibility index (Phi) is 5.87. The van der Waals surface area contributed by atoms with Gasteiger partial charge in [0.25, 0.3) is 0 Å². The molecule has 0 aliphatic carbocycles. The summed E-state index contributed by atoms with van der Waals surface area (Å²) >= 11 is 1.62. The summed E-state index contributed by atoms with van der Waals surface area (Å²) in [6.07, 6.45) is 0. The van der Waals surface area contributed by atoms with Crippen LogP contribution in [0.15, 0.2) is 65.8 Å². The second-order valence-corrected chi connectivity index (χ2v) is 6.07. The van der Waals surface area contributed by atoms with Crippen LogP contribution in [0.5, 0.6) is 5.75 Å². The van der Waals surface area contributed by atoms with Gasteiger partial charge in [-0.2, -0.15) is 0 Å². The Bertz CT molecular complexity index is 747. The molecule has 0 aliphatic rings. The summed E-state index contributed by atoms with van der Waals surface area (Å²) in [4.78, 5) is 0. The molecule has 0 N–H and O–H groups in total. The molecular formula is C18H19N3O2S. The van der Waals surface area contributed by atoms with Gasteiger partial charge in [0.05, 0.1) is 6.61 Å². The Morgan fingerprint density at radius 3 is 2.38 bits per heavy atom. The summed E-state index contributed by atoms with van der Waals surface area (Å²) in [6, 6.07) is 19.9. The van der Waals surface area contributed by atoms with E-state index < -0.39 is 0 Å². The highest BCUT2D eigenvalue weighted by molar-refractivity contribution is 7.99. The summed E-state index contributed by atoms with van der Waals surface area (Å²) < 4.78 is 13.0. The molecule has 0 unspecified atom stereocenters. The Labute approximate surface area is 145 Å². The number of hydrogen-bond donors (Lipinski definition) is 0. The predicted octanol–water partition coefficient (Wildman–Crippen LogP) is 3.58. The molecule has 1 heterocycles. The smallest absolute Gasteiger partial charge is 0.196 e. The molecule has 124 valence electrons. The van der Waals surface area contributed by atoms with Crippen molar-refractivity contribution >= 4 is 11.8 Å².